The van der Waals surface area contributed by atoms with Crippen LogP contribution < -0.4 is 14.8 Å². The number of amides is 1. The highest BCUT2D eigenvalue weighted by molar-refractivity contribution is 5.93. The minimum Gasteiger partial charge on any atom is -0.497 e. The lowest BCUT2D eigenvalue weighted by atomic mass is 9.90. The van der Waals surface area contributed by atoms with Gasteiger partial charge in [0.15, 0.2) is 0 Å². The SMILES string of the molecule is COc1cc(CCC2CCN(CC(=O)Nc3c(C)cccc3C)CC2)cc(OC)c1. The third-order valence-corrected chi connectivity index (χ3v) is 6.07. The van der Waals surface area contributed by atoms with Crippen LogP contribution in [0.15, 0.2) is 36.4 Å². The Balaban J connectivity index is 1.44. The number of carbonyl (C=O) groups is 1. The summed E-state index contributed by atoms with van der Waals surface area (Å²) in [5, 5.41) is 3.10. The van der Waals surface area contributed by atoms with Crippen molar-refractivity contribution in [1.82, 2.24) is 4.90 Å². The molecule has 0 bridgehead atoms. The molecule has 0 unspecified atom stereocenters. The topological polar surface area (TPSA) is 50.8 Å². The molecule has 1 saturated heterocycles. The highest BCUT2D eigenvalue weighted by atomic mass is 16.5. The molecule has 3 rings (SSSR count). The van der Waals surface area contributed by atoms with Crippen molar-refractivity contribution in [3.05, 3.63) is 53.1 Å². The molecule has 1 aliphatic heterocycles. The van der Waals surface area contributed by atoms with Crippen LogP contribution in [0, 0.1) is 19.8 Å². The molecule has 5 nitrogen and oxygen atoms in total. The summed E-state index contributed by atoms with van der Waals surface area (Å²) in [6.07, 6.45) is 4.44. The lowest BCUT2D eigenvalue weighted by Gasteiger charge is -2.31. The highest BCUT2D eigenvalue weighted by Gasteiger charge is 2.21. The van der Waals surface area contributed by atoms with Crippen LogP contribution in [0.3, 0.4) is 0 Å². The number of carbonyl (C=O) groups excluding carboxylic acids is 1. The van der Waals surface area contributed by atoms with Gasteiger partial charge in [-0.3, -0.25) is 9.69 Å². The third-order valence-electron chi connectivity index (χ3n) is 6.07. The zero-order valence-electron chi connectivity index (χ0n) is 18.7. The number of aryl methyl sites for hydroxylation is 3. The monoisotopic (exact) mass is 410 g/mol. The Kier molecular flexibility index (Phi) is 7.75. The zero-order valence-corrected chi connectivity index (χ0v) is 18.7. The molecule has 0 aliphatic carbocycles. The molecule has 2 aromatic rings. The molecule has 1 fully saturated rings. The Bertz CT molecular complexity index is 815. The van der Waals surface area contributed by atoms with Crippen LogP contribution in [0.2, 0.25) is 0 Å². The van der Waals surface area contributed by atoms with E-state index < -0.39 is 0 Å². The van der Waals surface area contributed by atoms with Gasteiger partial charge in [-0.2, -0.15) is 0 Å². The molecule has 1 amide bonds. The maximum absolute atomic E-state index is 12.5. The van der Waals surface area contributed by atoms with Gasteiger partial charge in [-0.15, -0.1) is 0 Å². The fourth-order valence-electron chi connectivity index (χ4n) is 4.21. The molecule has 2 aromatic carbocycles. The Morgan fingerprint density at radius 1 is 1.03 bits per heavy atom. The van der Waals surface area contributed by atoms with Crippen LogP contribution in [0.1, 0.15) is 36.0 Å². The van der Waals surface area contributed by atoms with E-state index in [1.54, 1.807) is 14.2 Å². The van der Waals surface area contributed by atoms with Gasteiger partial charge < -0.3 is 14.8 Å². The Hall–Kier alpha value is -2.53. The minimum absolute atomic E-state index is 0.0781. The zero-order chi connectivity index (χ0) is 21.5. The molecule has 0 radical (unpaired) electrons. The van der Waals surface area contributed by atoms with Crippen LogP contribution in [0.5, 0.6) is 11.5 Å². The van der Waals surface area contributed by atoms with E-state index in [2.05, 4.69) is 22.3 Å². The third kappa shape index (κ3) is 5.99. The summed E-state index contributed by atoms with van der Waals surface area (Å²) >= 11 is 0. The predicted molar refractivity (Wildman–Crippen MR) is 122 cm³/mol. The number of para-hydroxylation sites is 1. The fourth-order valence-corrected chi connectivity index (χ4v) is 4.21. The Labute approximate surface area is 180 Å². The van der Waals surface area contributed by atoms with Gasteiger partial charge in [-0.1, -0.05) is 18.2 Å². The molecule has 0 atom stereocenters. The van der Waals surface area contributed by atoms with E-state index in [4.69, 9.17) is 9.47 Å². The number of piperidine rings is 1. The number of hydrogen-bond donors (Lipinski definition) is 1. The second-order valence-electron chi connectivity index (χ2n) is 8.29. The second-order valence-corrected chi connectivity index (χ2v) is 8.29. The first kappa shape index (κ1) is 22.2. The maximum Gasteiger partial charge on any atom is 0.238 e. The van der Waals surface area contributed by atoms with Crippen LogP contribution >= 0.6 is 0 Å². The largest absolute Gasteiger partial charge is 0.497 e. The number of hydrogen-bond acceptors (Lipinski definition) is 4. The van der Waals surface area contributed by atoms with E-state index in [-0.39, 0.29) is 5.91 Å². The molecule has 0 aromatic heterocycles. The summed E-state index contributed by atoms with van der Waals surface area (Å²) in [7, 11) is 3.37. The summed E-state index contributed by atoms with van der Waals surface area (Å²) in [6, 6.07) is 12.2. The van der Waals surface area contributed by atoms with E-state index in [0.29, 0.717) is 12.5 Å². The summed E-state index contributed by atoms with van der Waals surface area (Å²) < 4.78 is 10.7. The lowest BCUT2D eigenvalue weighted by molar-refractivity contribution is -0.117. The second kappa shape index (κ2) is 10.5. The average molecular weight is 411 g/mol. The van der Waals surface area contributed by atoms with Crippen molar-refractivity contribution in [3.63, 3.8) is 0 Å². The van der Waals surface area contributed by atoms with Crippen molar-refractivity contribution in [1.29, 1.82) is 0 Å². The first-order chi connectivity index (χ1) is 14.5. The molecular formula is C25H34N2O3. The molecule has 0 spiro atoms. The van der Waals surface area contributed by atoms with E-state index in [9.17, 15) is 4.79 Å². The molecule has 0 saturated carbocycles. The standard InChI is InChI=1S/C25H34N2O3/c1-18-6-5-7-19(2)25(18)26-24(28)17-27-12-10-20(11-13-27)8-9-21-14-22(29-3)16-23(15-21)30-4/h5-7,14-16,20H,8-13,17H2,1-4H3,(H,26,28). The number of ether oxygens (including phenoxy) is 2. The molecule has 1 N–H and O–H groups in total. The van der Waals surface area contributed by atoms with Gasteiger partial charge in [0.05, 0.1) is 20.8 Å². The molecule has 5 heteroatoms. The van der Waals surface area contributed by atoms with Crippen molar-refractivity contribution in [2.75, 3.05) is 39.2 Å². The van der Waals surface area contributed by atoms with E-state index in [0.717, 1.165) is 67.1 Å². The van der Waals surface area contributed by atoms with Gasteiger partial charge in [0.2, 0.25) is 5.91 Å². The van der Waals surface area contributed by atoms with Gasteiger partial charge in [0.25, 0.3) is 0 Å². The Morgan fingerprint density at radius 3 is 2.20 bits per heavy atom. The van der Waals surface area contributed by atoms with Gasteiger partial charge in [0.1, 0.15) is 11.5 Å². The minimum atomic E-state index is 0.0781. The smallest absolute Gasteiger partial charge is 0.238 e. The van der Waals surface area contributed by atoms with Gasteiger partial charge in [-0.05, 0) is 87.4 Å². The van der Waals surface area contributed by atoms with E-state index >= 15 is 0 Å². The number of methoxy groups -OCH3 is 2. The van der Waals surface area contributed by atoms with Crippen molar-refractivity contribution < 1.29 is 14.3 Å². The Morgan fingerprint density at radius 2 is 1.63 bits per heavy atom. The van der Waals surface area contributed by atoms with Gasteiger partial charge in [-0.25, -0.2) is 0 Å². The summed E-state index contributed by atoms with van der Waals surface area (Å²) in [5.74, 6) is 2.46. The normalized spacial score (nSPS) is 15.1. The van der Waals surface area contributed by atoms with Crippen LogP contribution in [-0.4, -0.2) is 44.7 Å². The van der Waals surface area contributed by atoms with Crippen LogP contribution in [0.25, 0.3) is 0 Å². The number of nitrogens with one attached hydrogen (secondary N) is 1. The van der Waals surface area contributed by atoms with Crippen molar-refractivity contribution in [3.8, 4) is 11.5 Å². The van der Waals surface area contributed by atoms with Crippen LogP contribution in [0.4, 0.5) is 5.69 Å². The molecule has 162 valence electrons. The number of rotatable bonds is 8. The summed E-state index contributed by atoms with van der Waals surface area (Å²) in [5.41, 5.74) is 4.42. The quantitative estimate of drug-likeness (QED) is 0.691. The first-order valence-electron chi connectivity index (χ1n) is 10.8. The number of likely N-dealkylation sites (tertiary alicyclic amines) is 1. The van der Waals surface area contributed by atoms with E-state index in [1.165, 1.54) is 5.56 Å². The van der Waals surface area contributed by atoms with Crippen molar-refractivity contribution in [2.45, 2.75) is 39.5 Å². The first-order valence-corrected chi connectivity index (χ1v) is 10.8. The fraction of sp³-hybridized carbons (Fsp3) is 0.480. The number of nitrogens with zero attached hydrogens (tertiary/aromatic N) is 1. The lowest BCUT2D eigenvalue weighted by Crippen LogP contribution is -2.39. The van der Waals surface area contributed by atoms with Gasteiger partial charge in [0, 0.05) is 11.8 Å². The summed E-state index contributed by atoms with van der Waals surface area (Å²) in [4.78, 5) is 14.8. The summed E-state index contributed by atoms with van der Waals surface area (Å²) in [6.45, 7) is 6.49. The highest BCUT2D eigenvalue weighted by Crippen LogP contribution is 2.27. The molecule has 30 heavy (non-hydrogen) atoms. The van der Waals surface area contributed by atoms with Crippen LogP contribution in [-0.2, 0) is 11.2 Å². The number of benzene rings is 2. The molecule has 1 aliphatic rings. The molecule has 1 heterocycles. The molecular weight excluding hydrogens is 376 g/mol. The van der Waals surface area contributed by atoms with E-state index in [1.807, 2.05) is 38.1 Å². The van der Waals surface area contributed by atoms with Crippen molar-refractivity contribution in [2.24, 2.45) is 5.92 Å². The predicted octanol–water partition coefficient (Wildman–Crippen LogP) is 4.60. The number of anilines is 1. The maximum atomic E-state index is 12.5. The van der Waals surface area contributed by atoms with Gasteiger partial charge >= 0.3 is 0 Å². The average Bonchev–Trinajstić information content (AvgIpc) is 2.75. The van der Waals surface area contributed by atoms with Crippen molar-refractivity contribution >= 4 is 11.6 Å².